The van der Waals surface area contributed by atoms with Gasteiger partial charge in [0, 0.05) is 24.5 Å². The third-order valence-electron chi connectivity index (χ3n) is 4.15. The molecule has 2 aromatic rings. The number of halogens is 1. The van der Waals surface area contributed by atoms with Crippen LogP contribution in [-0.4, -0.2) is 41.8 Å². The van der Waals surface area contributed by atoms with Gasteiger partial charge in [0.2, 0.25) is 0 Å². The number of aromatic nitrogens is 2. The molecular weight excluding hydrogens is 302 g/mol. The van der Waals surface area contributed by atoms with E-state index in [0.717, 1.165) is 29.9 Å². The average Bonchev–Trinajstić information content (AvgIpc) is 2.54. The zero-order valence-corrected chi connectivity index (χ0v) is 13.6. The number of fused-ring (bicyclic) bond motifs is 1. The molecule has 118 valence electrons. The molecule has 1 aliphatic heterocycles. The predicted octanol–water partition coefficient (Wildman–Crippen LogP) is 3.36. The van der Waals surface area contributed by atoms with Gasteiger partial charge in [0.1, 0.15) is 18.2 Å². The SMILES string of the molecule is COc1cc2c(Cl)ncnc2cc1OCN1CCC(C)CC1. The lowest BCUT2D eigenvalue weighted by Crippen LogP contribution is -2.35. The van der Waals surface area contributed by atoms with Crippen LogP contribution < -0.4 is 9.47 Å². The highest BCUT2D eigenvalue weighted by molar-refractivity contribution is 6.34. The van der Waals surface area contributed by atoms with Crippen molar-refractivity contribution in [2.45, 2.75) is 19.8 Å². The van der Waals surface area contributed by atoms with Crippen LogP contribution in [0.4, 0.5) is 0 Å². The van der Waals surface area contributed by atoms with Crippen LogP contribution >= 0.6 is 11.6 Å². The lowest BCUT2D eigenvalue weighted by molar-refractivity contribution is 0.0895. The lowest BCUT2D eigenvalue weighted by atomic mass is 10.00. The van der Waals surface area contributed by atoms with Crippen LogP contribution in [0.1, 0.15) is 19.8 Å². The smallest absolute Gasteiger partial charge is 0.165 e. The minimum absolute atomic E-state index is 0.417. The van der Waals surface area contributed by atoms with E-state index in [0.29, 0.717) is 23.4 Å². The lowest BCUT2D eigenvalue weighted by Gasteiger charge is -2.30. The van der Waals surface area contributed by atoms with E-state index in [1.807, 2.05) is 12.1 Å². The molecule has 5 nitrogen and oxygen atoms in total. The first kappa shape index (κ1) is 15.3. The van der Waals surface area contributed by atoms with Crippen molar-refractivity contribution in [1.29, 1.82) is 0 Å². The average molecular weight is 322 g/mol. The second-order valence-electron chi connectivity index (χ2n) is 5.76. The molecule has 0 atom stereocenters. The maximum absolute atomic E-state index is 6.10. The van der Waals surface area contributed by atoms with E-state index >= 15 is 0 Å². The minimum atomic E-state index is 0.417. The molecule has 3 rings (SSSR count). The standard InChI is InChI=1S/C16H20ClN3O2/c1-11-3-5-20(6-4-11)10-22-15-8-13-12(7-14(15)21-2)16(17)19-9-18-13/h7-9,11H,3-6,10H2,1-2H3. The molecule has 22 heavy (non-hydrogen) atoms. The third-order valence-corrected chi connectivity index (χ3v) is 4.45. The molecule has 0 radical (unpaired) electrons. The van der Waals surface area contributed by atoms with Crippen molar-refractivity contribution < 1.29 is 9.47 Å². The van der Waals surface area contributed by atoms with E-state index in [-0.39, 0.29) is 0 Å². The fraction of sp³-hybridized carbons (Fsp3) is 0.500. The summed E-state index contributed by atoms with van der Waals surface area (Å²) in [5.74, 6) is 2.14. The van der Waals surface area contributed by atoms with E-state index in [1.165, 1.54) is 19.2 Å². The molecule has 2 heterocycles. The van der Waals surface area contributed by atoms with Gasteiger partial charge in [0.25, 0.3) is 0 Å². The summed E-state index contributed by atoms with van der Waals surface area (Å²) in [6.45, 7) is 5.01. The van der Waals surface area contributed by atoms with E-state index in [1.54, 1.807) is 7.11 Å². The van der Waals surface area contributed by atoms with E-state index in [9.17, 15) is 0 Å². The van der Waals surface area contributed by atoms with Gasteiger partial charge in [-0.05, 0) is 24.8 Å². The number of ether oxygens (including phenoxy) is 2. The van der Waals surface area contributed by atoms with E-state index in [2.05, 4.69) is 21.8 Å². The summed E-state index contributed by atoms with van der Waals surface area (Å²) in [4.78, 5) is 10.5. The van der Waals surface area contributed by atoms with Gasteiger partial charge in [-0.3, -0.25) is 4.90 Å². The normalized spacial score (nSPS) is 16.9. The van der Waals surface area contributed by atoms with Crippen molar-refractivity contribution in [2.75, 3.05) is 26.9 Å². The summed E-state index contributed by atoms with van der Waals surface area (Å²) < 4.78 is 11.4. The predicted molar refractivity (Wildman–Crippen MR) is 86.6 cm³/mol. The van der Waals surface area contributed by atoms with Crippen molar-refractivity contribution in [3.63, 3.8) is 0 Å². The van der Waals surface area contributed by atoms with Gasteiger partial charge in [0.05, 0.1) is 12.6 Å². The fourth-order valence-electron chi connectivity index (χ4n) is 2.66. The Bertz CT molecular complexity index is 657. The second-order valence-corrected chi connectivity index (χ2v) is 6.12. The van der Waals surface area contributed by atoms with Crippen LogP contribution in [-0.2, 0) is 0 Å². The number of rotatable bonds is 4. The van der Waals surface area contributed by atoms with Gasteiger partial charge in [-0.1, -0.05) is 18.5 Å². The van der Waals surface area contributed by atoms with Crippen molar-refractivity contribution in [2.24, 2.45) is 5.92 Å². The molecule has 0 unspecified atom stereocenters. The molecule has 1 fully saturated rings. The van der Waals surface area contributed by atoms with E-state index in [4.69, 9.17) is 21.1 Å². The number of benzene rings is 1. The maximum atomic E-state index is 6.10. The zero-order chi connectivity index (χ0) is 15.5. The number of likely N-dealkylation sites (tertiary alicyclic amines) is 1. The molecule has 1 saturated heterocycles. The van der Waals surface area contributed by atoms with Gasteiger partial charge in [-0.2, -0.15) is 0 Å². The minimum Gasteiger partial charge on any atom is -0.493 e. The first-order valence-corrected chi connectivity index (χ1v) is 7.88. The van der Waals surface area contributed by atoms with Crippen LogP contribution in [0.25, 0.3) is 10.9 Å². The zero-order valence-electron chi connectivity index (χ0n) is 12.9. The first-order valence-electron chi connectivity index (χ1n) is 7.50. The van der Waals surface area contributed by atoms with Crippen molar-refractivity contribution >= 4 is 22.5 Å². The maximum Gasteiger partial charge on any atom is 0.165 e. The number of nitrogens with zero attached hydrogens (tertiary/aromatic N) is 3. The summed E-state index contributed by atoms with van der Waals surface area (Å²) in [6.07, 6.45) is 3.90. The summed E-state index contributed by atoms with van der Waals surface area (Å²) in [7, 11) is 1.62. The topological polar surface area (TPSA) is 47.5 Å². The fourth-order valence-corrected chi connectivity index (χ4v) is 2.85. The Balaban J connectivity index is 1.78. The molecule has 1 aromatic heterocycles. The highest BCUT2D eigenvalue weighted by Crippen LogP contribution is 2.33. The molecule has 0 amide bonds. The molecule has 6 heteroatoms. The Hall–Kier alpha value is -1.59. The van der Waals surface area contributed by atoms with Gasteiger partial charge >= 0.3 is 0 Å². The molecule has 0 bridgehead atoms. The first-order chi connectivity index (χ1) is 10.7. The second kappa shape index (κ2) is 6.67. The summed E-state index contributed by atoms with van der Waals surface area (Å²) in [5.41, 5.74) is 0.753. The van der Waals surface area contributed by atoms with E-state index < -0.39 is 0 Å². The van der Waals surface area contributed by atoms with Crippen LogP contribution in [0.3, 0.4) is 0 Å². The van der Waals surface area contributed by atoms with Gasteiger partial charge in [-0.15, -0.1) is 0 Å². The molecule has 1 aliphatic rings. The van der Waals surface area contributed by atoms with Gasteiger partial charge in [-0.25, -0.2) is 9.97 Å². The summed E-state index contributed by atoms with van der Waals surface area (Å²) >= 11 is 6.10. The third kappa shape index (κ3) is 3.25. The van der Waals surface area contributed by atoms with Gasteiger partial charge in [0.15, 0.2) is 11.5 Å². The monoisotopic (exact) mass is 321 g/mol. The Labute approximate surface area is 135 Å². The van der Waals surface area contributed by atoms with Crippen LogP contribution in [0.2, 0.25) is 5.15 Å². The van der Waals surface area contributed by atoms with Crippen molar-refractivity contribution in [3.8, 4) is 11.5 Å². The number of hydrogen-bond donors (Lipinski definition) is 0. The van der Waals surface area contributed by atoms with Crippen LogP contribution in [0.5, 0.6) is 11.5 Å². The summed E-state index contributed by atoms with van der Waals surface area (Å²) in [5, 5.41) is 1.18. The Morgan fingerprint density at radius 1 is 1.23 bits per heavy atom. The van der Waals surface area contributed by atoms with Crippen molar-refractivity contribution in [1.82, 2.24) is 14.9 Å². The Morgan fingerprint density at radius 2 is 2.00 bits per heavy atom. The van der Waals surface area contributed by atoms with Gasteiger partial charge < -0.3 is 9.47 Å². The van der Waals surface area contributed by atoms with Crippen LogP contribution in [0, 0.1) is 5.92 Å². The molecule has 0 aliphatic carbocycles. The number of methoxy groups -OCH3 is 1. The molecule has 0 spiro atoms. The Kier molecular flexibility index (Phi) is 4.64. The quantitative estimate of drug-likeness (QED) is 0.808. The van der Waals surface area contributed by atoms with Crippen molar-refractivity contribution in [3.05, 3.63) is 23.6 Å². The molecule has 0 saturated carbocycles. The molecule has 1 aromatic carbocycles. The highest BCUT2D eigenvalue weighted by atomic mass is 35.5. The Morgan fingerprint density at radius 3 is 2.73 bits per heavy atom. The number of hydrogen-bond acceptors (Lipinski definition) is 5. The van der Waals surface area contributed by atoms with Crippen LogP contribution in [0.15, 0.2) is 18.5 Å². The summed E-state index contributed by atoms with van der Waals surface area (Å²) in [6, 6.07) is 3.68. The highest BCUT2D eigenvalue weighted by Gasteiger charge is 2.17. The largest absolute Gasteiger partial charge is 0.493 e. The molecule has 0 N–H and O–H groups in total. The molecular formula is C16H20ClN3O2. The number of piperidine rings is 1.